The van der Waals surface area contributed by atoms with E-state index in [2.05, 4.69) is 26.9 Å². The average Bonchev–Trinajstić information content (AvgIpc) is 2.80. The number of imidazole rings is 1. The number of aryl methyl sites for hydroxylation is 2. The van der Waals surface area contributed by atoms with E-state index in [0.29, 0.717) is 0 Å². The molecule has 19 heavy (non-hydrogen) atoms. The van der Waals surface area contributed by atoms with Crippen LogP contribution in [0.2, 0.25) is 0 Å². The number of aromatic nitrogens is 4. The van der Waals surface area contributed by atoms with Crippen molar-refractivity contribution in [2.24, 2.45) is 14.1 Å². The maximum Gasteiger partial charge on any atom is 0.204 e. The van der Waals surface area contributed by atoms with Gasteiger partial charge in [0.1, 0.15) is 0 Å². The Kier molecular flexibility index (Phi) is 3.50. The van der Waals surface area contributed by atoms with Crippen LogP contribution in [0.1, 0.15) is 17.1 Å². The van der Waals surface area contributed by atoms with Gasteiger partial charge in [-0.2, -0.15) is 5.10 Å². The van der Waals surface area contributed by atoms with Gasteiger partial charge in [0.15, 0.2) is 0 Å². The summed E-state index contributed by atoms with van der Waals surface area (Å²) >= 11 is 0. The predicted octanol–water partition coefficient (Wildman–Crippen LogP) is 1.45. The fourth-order valence-corrected chi connectivity index (χ4v) is 2.22. The largest absolute Gasteiger partial charge is 0.376 e. The van der Waals surface area contributed by atoms with Gasteiger partial charge in [-0.05, 0) is 13.8 Å². The standard InChI is InChI=1S/C13H22N6/c1-9-12(10(2)19(6)16-9)14-7-11-8-15-13(17(3)4)18(11)5/h8,14H,7H2,1-6H3. The first-order valence-corrected chi connectivity index (χ1v) is 6.33. The quantitative estimate of drug-likeness (QED) is 0.906. The summed E-state index contributed by atoms with van der Waals surface area (Å²) in [7, 11) is 7.98. The van der Waals surface area contributed by atoms with Gasteiger partial charge in [0.05, 0.1) is 35.5 Å². The van der Waals surface area contributed by atoms with Crippen molar-refractivity contribution in [3.8, 4) is 0 Å². The molecule has 0 aliphatic heterocycles. The Bertz CT molecular complexity index is 578. The zero-order valence-corrected chi connectivity index (χ0v) is 12.5. The van der Waals surface area contributed by atoms with Crippen LogP contribution in [0.25, 0.3) is 0 Å². The van der Waals surface area contributed by atoms with Crippen LogP contribution >= 0.6 is 0 Å². The lowest BCUT2D eigenvalue weighted by atomic mass is 10.3. The van der Waals surface area contributed by atoms with E-state index >= 15 is 0 Å². The fraction of sp³-hybridized carbons (Fsp3) is 0.538. The lowest BCUT2D eigenvalue weighted by Gasteiger charge is -2.13. The van der Waals surface area contributed by atoms with Gasteiger partial charge in [-0.25, -0.2) is 4.98 Å². The second kappa shape index (κ2) is 4.95. The van der Waals surface area contributed by atoms with Gasteiger partial charge in [-0.1, -0.05) is 0 Å². The molecule has 0 amide bonds. The lowest BCUT2D eigenvalue weighted by Crippen LogP contribution is -2.15. The third-order valence-corrected chi connectivity index (χ3v) is 3.42. The molecule has 6 heteroatoms. The molecule has 1 N–H and O–H groups in total. The summed E-state index contributed by atoms with van der Waals surface area (Å²) in [6, 6.07) is 0. The summed E-state index contributed by atoms with van der Waals surface area (Å²) in [4.78, 5) is 6.41. The van der Waals surface area contributed by atoms with Gasteiger partial charge in [0.25, 0.3) is 0 Å². The average molecular weight is 262 g/mol. The normalized spacial score (nSPS) is 10.8. The molecule has 2 aromatic rings. The monoisotopic (exact) mass is 262 g/mol. The zero-order valence-electron chi connectivity index (χ0n) is 12.5. The van der Waals surface area contributed by atoms with Gasteiger partial charge < -0.3 is 14.8 Å². The van der Waals surface area contributed by atoms with E-state index in [1.807, 2.05) is 50.9 Å². The molecule has 0 bridgehead atoms. The second-order valence-corrected chi connectivity index (χ2v) is 5.03. The number of hydrogen-bond donors (Lipinski definition) is 1. The van der Waals surface area contributed by atoms with E-state index in [1.54, 1.807) is 0 Å². The maximum atomic E-state index is 4.41. The minimum atomic E-state index is 0.741. The van der Waals surface area contributed by atoms with Crippen molar-refractivity contribution < 1.29 is 0 Å². The first-order chi connectivity index (χ1) is 8.91. The smallest absolute Gasteiger partial charge is 0.204 e. The Hall–Kier alpha value is -1.98. The van der Waals surface area contributed by atoms with Gasteiger partial charge in [-0.15, -0.1) is 0 Å². The van der Waals surface area contributed by atoms with Crippen molar-refractivity contribution >= 4 is 11.6 Å². The third kappa shape index (κ3) is 2.43. The van der Waals surface area contributed by atoms with Crippen LogP contribution in [0.5, 0.6) is 0 Å². The van der Waals surface area contributed by atoms with Crippen molar-refractivity contribution in [3.05, 3.63) is 23.3 Å². The summed E-state index contributed by atoms with van der Waals surface area (Å²) in [5.41, 5.74) is 4.42. The van der Waals surface area contributed by atoms with E-state index < -0.39 is 0 Å². The molecule has 0 saturated carbocycles. The summed E-state index contributed by atoms with van der Waals surface area (Å²) < 4.78 is 3.99. The van der Waals surface area contributed by atoms with E-state index in [9.17, 15) is 0 Å². The fourth-order valence-electron chi connectivity index (χ4n) is 2.22. The Morgan fingerprint density at radius 2 is 1.95 bits per heavy atom. The highest BCUT2D eigenvalue weighted by Crippen LogP contribution is 2.20. The van der Waals surface area contributed by atoms with Gasteiger partial charge in [0, 0.05) is 28.2 Å². The van der Waals surface area contributed by atoms with Crippen molar-refractivity contribution in [2.45, 2.75) is 20.4 Å². The zero-order chi connectivity index (χ0) is 14.2. The van der Waals surface area contributed by atoms with Crippen LogP contribution in [0.3, 0.4) is 0 Å². The van der Waals surface area contributed by atoms with Gasteiger partial charge in [0.2, 0.25) is 5.95 Å². The molecule has 0 radical (unpaired) electrons. The SMILES string of the molecule is Cc1nn(C)c(C)c1NCc1cnc(N(C)C)n1C. The lowest BCUT2D eigenvalue weighted by molar-refractivity contribution is 0.731. The predicted molar refractivity (Wildman–Crippen MR) is 77.5 cm³/mol. The molecule has 0 aliphatic rings. The maximum absolute atomic E-state index is 4.41. The molecule has 0 fully saturated rings. The molecular formula is C13H22N6. The summed E-state index contributed by atoms with van der Waals surface area (Å²) in [5, 5.41) is 7.85. The van der Waals surface area contributed by atoms with Crippen LogP contribution in [0, 0.1) is 13.8 Å². The molecule has 0 aliphatic carbocycles. The molecule has 2 aromatic heterocycles. The highest BCUT2D eigenvalue weighted by molar-refractivity contribution is 5.52. The molecule has 0 unspecified atom stereocenters. The molecule has 6 nitrogen and oxygen atoms in total. The van der Waals surface area contributed by atoms with Crippen molar-refractivity contribution in [3.63, 3.8) is 0 Å². The number of nitrogens with one attached hydrogen (secondary N) is 1. The summed E-state index contributed by atoms with van der Waals surface area (Å²) in [5.74, 6) is 0.955. The third-order valence-electron chi connectivity index (χ3n) is 3.42. The highest BCUT2D eigenvalue weighted by Gasteiger charge is 2.11. The number of anilines is 2. The van der Waals surface area contributed by atoms with Crippen molar-refractivity contribution in [1.82, 2.24) is 19.3 Å². The Morgan fingerprint density at radius 3 is 2.42 bits per heavy atom. The highest BCUT2D eigenvalue weighted by atomic mass is 15.3. The molecule has 0 saturated heterocycles. The van der Waals surface area contributed by atoms with Gasteiger partial charge >= 0.3 is 0 Å². The van der Waals surface area contributed by atoms with E-state index in [1.165, 1.54) is 0 Å². The molecular weight excluding hydrogens is 240 g/mol. The topological polar surface area (TPSA) is 50.9 Å². The number of rotatable bonds is 4. The molecule has 0 atom stereocenters. The molecule has 2 rings (SSSR count). The van der Waals surface area contributed by atoms with Crippen LogP contribution in [0.15, 0.2) is 6.20 Å². The Labute approximate surface area is 114 Å². The van der Waals surface area contributed by atoms with E-state index in [-0.39, 0.29) is 0 Å². The summed E-state index contributed by atoms with van der Waals surface area (Å²) in [6.45, 7) is 4.82. The van der Waals surface area contributed by atoms with Crippen LogP contribution < -0.4 is 10.2 Å². The van der Waals surface area contributed by atoms with Gasteiger partial charge in [-0.3, -0.25) is 4.68 Å². The number of nitrogens with zero attached hydrogens (tertiary/aromatic N) is 5. The van der Waals surface area contributed by atoms with Crippen molar-refractivity contribution in [2.75, 3.05) is 24.3 Å². The van der Waals surface area contributed by atoms with Crippen molar-refractivity contribution in [1.29, 1.82) is 0 Å². The Balaban J connectivity index is 2.15. The molecule has 0 aromatic carbocycles. The first kappa shape index (κ1) is 13.5. The first-order valence-electron chi connectivity index (χ1n) is 6.33. The van der Waals surface area contributed by atoms with Crippen LogP contribution in [-0.2, 0) is 20.6 Å². The molecule has 2 heterocycles. The van der Waals surface area contributed by atoms with Crippen LogP contribution in [-0.4, -0.2) is 33.4 Å². The minimum Gasteiger partial charge on any atom is -0.376 e. The second-order valence-electron chi connectivity index (χ2n) is 5.03. The van der Waals surface area contributed by atoms with Crippen LogP contribution in [0.4, 0.5) is 11.6 Å². The molecule has 0 spiro atoms. The minimum absolute atomic E-state index is 0.741. The van der Waals surface area contributed by atoms with E-state index in [4.69, 9.17) is 0 Å². The van der Waals surface area contributed by atoms with E-state index in [0.717, 1.165) is 35.3 Å². The number of hydrogen-bond acceptors (Lipinski definition) is 4. The molecule has 104 valence electrons. The Morgan fingerprint density at radius 1 is 1.26 bits per heavy atom. The summed E-state index contributed by atoms with van der Waals surface area (Å²) in [6.07, 6.45) is 1.91.